The average Bonchev–Trinajstić information content (AvgIpc) is 2.74. The van der Waals surface area contributed by atoms with Crippen molar-refractivity contribution < 1.29 is 8.42 Å². The molecule has 158 valence electrons. The second-order valence-electron chi connectivity index (χ2n) is 7.29. The molecule has 0 aliphatic carbocycles. The van der Waals surface area contributed by atoms with Crippen LogP contribution in [0.1, 0.15) is 18.1 Å². The van der Waals surface area contributed by atoms with Gasteiger partial charge in [-0.1, -0.05) is 42.5 Å². The lowest BCUT2D eigenvalue weighted by molar-refractivity contribution is 0.402. The molecule has 0 aliphatic rings. The van der Waals surface area contributed by atoms with Crippen molar-refractivity contribution in [3.63, 3.8) is 0 Å². The minimum Gasteiger partial charge on any atom is -0.366 e. The van der Waals surface area contributed by atoms with Crippen molar-refractivity contribution >= 4 is 21.5 Å². The number of para-hydroxylation sites is 1. The summed E-state index contributed by atoms with van der Waals surface area (Å²) in [7, 11) is 0.429. The van der Waals surface area contributed by atoms with E-state index in [1.165, 1.54) is 16.1 Å². The second kappa shape index (κ2) is 9.73. The summed E-state index contributed by atoms with van der Waals surface area (Å²) in [6.45, 7) is 3.68. The van der Waals surface area contributed by atoms with Crippen LogP contribution in [-0.4, -0.2) is 38.9 Å². The molecule has 7 heteroatoms. The molecule has 1 heterocycles. The predicted octanol–water partition coefficient (Wildman–Crippen LogP) is 3.97. The molecule has 3 rings (SSSR count). The smallest absolute Gasteiger partial charge is 0.265 e. The maximum Gasteiger partial charge on any atom is 0.265 e. The van der Waals surface area contributed by atoms with Gasteiger partial charge in [0.05, 0.1) is 5.69 Å². The maximum atomic E-state index is 13.0. The molecule has 0 bridgehead atoms. The fourth-order valence-corrected chi connectivity index (χ4v) is 4.59. The molecule has 0 aliphatic heterocycles. The summed E-state index contributed by atoms with van der Waals surface area (Å²) < 4.78 is 27.4. The van der Waals surface area contributed by atoms with Gasteiger partial charge in [0.2, 0.25) is 0 Å². The number of hydrogen-bond donors (Lipinski definition) is 1. The van der Waals surface area contributed by atoms with Crippen LogP contribution in [0, 0.1) is 0 Å². The number of anilines is 2. The zero-order valence-corrected chi connectivity index (χ0v) is 18.4. The SMILES string of the molecule is CCN(c1ccccc1)S(=O)(=O)c1ccc(NCc2ccc(CN(C)C)cc2)nc1. The van der Waals surface area contributed by atoms with Crippen LogP contribution in [-0.2, 0) is 23.1 Å². The topological polar surface area (TPSA) is 65.5 Å². The van der Waals surface area contributed by atoms with Gasteiger partial charge in [-0.05, 0) is 56.4 Å². The molecule has 2 aromatic carbocycles. The summed E-state index contributed by atoms with van der Waals surface area (Å²) in [4.78, 5) is 6.61. The van der Waals surface area contributed by atoms with Gasteiger partial charge >= 0.3 is 0 Å². The number of aromatic nitrogens is 1. The number of hydrogen-bond acceptors (Lipinski definition) is 5. The Labute approximate surface area is 179 Å². The summed E-state index contributed by atoms with van der Waals surface area (Å²) in [6.07, 6.45) is 1.41. The van der Waals surface area contributed by atoms with E-state index in [-0.39, 0.29) is 4.90 Å². The zero-order valence-electron chi connectivity index (χ0n) is 17.6. The molecular weight excluding hydrogens is 396 g/mol. The molecule has 0 spiro atoms. The third kappa shape index (κ3) is 5.37. The lowest BCUT2D eigenvalue weighted by atomic mass is 10.1. The highest BCUT2D eigenvalue weighted by Crippen LogP contribution is 2.23. The number of rotatable bonds is 9. The van der Waals surface area contributed by atoms with Crippen LogP contribution < -0.4 is 9.62 Å². The number of nitrogens with one attached hydrogen (secondary N) is 1. The van der Waals surface area contributed by atoms with Gasteiger partial charge in [-0.25, -0.2) is 13.4 Å². The van der Waals surface area contributed by atoms with Crippen LogP contribution in [0.15, 0.2) is 77.8 Å². The van der Waals surface area contributed by atoms with E-state index < -0.39 is 10.0 Å². The lowest BCUT2D eigenvalue weighted by Crippen LogP contribution is -2.30. The largest absolute Gasteiger partial charge is 0.366 e. The van der Waals surface area contributed by atoms with Crippen molar-refractivity contribution in [1.82, 2.24) is 9.88 Å². The molecule has 1 aromatic heterocycles. The van der Waals surface area contributed by atoms with Gasteiger partial charge in [0.15, 0.2) is 0 Å². The maximum absolute atomic E-state index is 13.0. The van der Waals surface area contributed by atoms with Crippen molar-refractivity contribution in [3.8, 4) is 0 Å². The molecule has 0 amide bonds. The van der Waals surface area contributed by atoms with E-state index >= 15 is 0 Å². The van der Waals surface area contributed by atoms with Crippen molar-refractivity contribution in [2.24, 2.45) is 0 Å². The van der Waals surface area contributed by atoms with Crippen molar-refractivity contribution in [2.45, 2.75) is 24.9 Å². The van der Waals surface area contributed by atoms with Crippen LogP contribution in [0.25, 0.3) is 0 Å². The number of nitrogens with zero attached hydrogens (tertiary/aromatic N) is 3. The van der Waals surface area contributed by atoms with Crippen LogP contribution in [0.5, 0.6) is 0 Å². The van der Waals surface area contributed by atoms with Crippen LogP contribution >= 0.6 is 0 Å². The van der Waals surface area contributed by atoms with E-state index in [4.69, 9.17) is 0 Å². The first-order chi connectivity index (χ1) is 14.4. The first kappa shape index (κ1) is 21.8. The average molecular weight is 425 g/mol. The van der Waals surface area contributed by atoms with Gasteiger partial charge in [0.1, 0.15) is 10.7 Å². The third-order valence-corrected chi connectivity index (χ3v) is 6.54. The molecule has 0 radical (unpaired) electrons. The van der Waals surface area contributed by atoms with E-state index in [1.54, 1.807) is 24.3 Å². The second-order valence-corrected chi connectivity index (χ2v) is 9.15. The summed E-state index contributed by atoms with van der Waals surface area (Å²) in [6, 6.07) is 20.8. The van der Waals surface area contributed by atoms with Crippen LogP contribution in [0.2, 0.25) is 0 Å². The van der Waals surface area contributed by atoms with Crippen LogP contribution in [0.4, 0.5) is 11.5 Å². The molecule has 0 saturated carbocycles. The monoisotopic (exact) mass is 424 g/mol. The highest BCUT2D eigenvalue weighted by molar-refractivity contribution is 7.92. The quantitative estimate of drug-likeness (QED) is 0.563. The number of benzene rings is 2. The van der Waals surface area contributed by atoms with Crippen molar-refractivity contribution in [1.29, 1.82) is 0 Å². The van der Waals surface area contributed by atoms with E-state index in [9.17, 15) is 8.42 Å². The van der Waals surface area contributed by atoms with Gasteiger partial charge in [-0.3, -0.25) is 4.31 Å². The summed E-state index contributed by atoms with van der Waals surface area (Å²) >= 11 is 0. The fraction of sp³-hybridized carbons (Fsp3) is 0.261. The zero-order chi connectivity index (χ0) is 21.6. The van der Waals surface area contributed by atoms with Crippen LogP contribution in [0.3, 0.4) is 0 Å². The molecule has 0 fully saturated rings. The Morgan fingerprint density at radius 1 is 0.900 bits per heavy atom. The van der Waals surface area contributed by atoms with Crippen molar-refractivity contribution in [3.05, 3.63) is 84.1 Å². The first-order valence-corrected chi connectivity index (χ1v) is 11.3. The first-order valence-electron chi connectivity index (χ1n) is 9.90. The molecule has 0 unspecified atom stereocenters. The highest BCUT2D eigenvalue weighted by atomic mass is 32.2. The van der Waals surface area contributed by atoms with E-state index in [0.717, 1.165) is 12.1 Å². The van der Waals surface area contributed by atoms with Gasteiger partial charge in [-0.15, -0.1) is 0 Å². The van der Waals surface area contributed by atoms with E-state index in [0.29, 0.717) is 24.6 Å². The molecule has 0 atom stereocenters. The molecule has 30 heavy (non-hydrogen) atoms. The Kier molecular flexibility index (Phi) is 7.07. The number of pyridine rings is 1. The summed E-state index contributed by atoms with van der Waals surface area (Å²) in [5, 5.41) is 3.24. The summed E-state index contributed by atoms with van der Waals surface area (Å²) in [5.41, 5.74) is 3.03. The molecule has 6 nitrogen and oxygen atoms in total. The third-order valence-electron chi connectivity index (χ3n) is 4.65. The van der Waals surface area contributed by atoms with E-state index in [1.807, 2.05) is 39.2 Å². The molecule has 0 saturated heterocycles. The fourth-order valence-electron chi connectivity index (χ4n) is 3.17. The molecular formula is C23H28N4O2S. The van der Waals surface area contributed by atoms with Gasteiger partial charge in [0.25, 0.3) is 10.0 Å². The Balaban J connectivity index is 1.67. The Morgan fingerprint density at radius 2 is 1.57 bits per heavy atom. The predicted molar refractivity (Wildman–Crippen MR) is 122 cm³/mol. The summed E-state index contributed by atoms with van der Waals surface area (Å²) in [5.74, 6) is 0.633. The molecule has 3 aromatic rings. The lowest BCUT2D eigenvalue weighted by Gasteiger charge is -2.22. The van der Waals surface area contributed by atoms with E-state index in [2.05, 4.69) is 39.5 Å². The van der Waals surface area contributed by atoms with Gasteiger partial charge < -0.3 is 10.2 Å². The molecule has 1 N–H and O–H groups in total. The van der Waals surface area contributed by atoms with Crippen molar-refractivity contribution in [2.75, 3.05) is 30.3 Å². The standard InChI is InChI=1S/C23H28N4O2S/c1-4-27(21-8-6-5-7-9-21)30(28,29)22-14-15-23(25-17-22)24-16-19-10-12-20(13-11-19)18-26(2)3/h5-15,17H,4,16,18H2,1-3H3,(H,24,25). The van der Waals surface area contributed by atoms with Gasteiger partial charge in [-0.2, -0.15) is 0 Å². The Hall–Kier alpha value is -2.90. The van der Waals surface area contributed by atoms with Gasteiger partial charge in [0, 0.05) is 25.8 Å². The number of sulfonamides is 1. The Morgan fingerprint density at radius 3 is 2.13 bits per heavy atom. The highest BCUT2D eigenvalue weighted by Gasteiger charge is 2.23. The Bertz CT molecular complexity index is 1030. The minimum absolute atomic E-state index is 0.173. The minimum atomic E-state index is -3.66. The normalized spacial score (nSPS) is 11.5.